The molecule has 0 bridgehead atoms. The number of hydrazine groups is 1. The second kappa shape index (κ2) is 6.60. The van der Waals surface area contributed by atoms with Gasteiger partial charge in [0.1, 0.15) is 5.75 Å². The lowest BCUT2D eigenvalue weighted by atomic mass is 10.0. The van der Waals surface area contributed by atoms with E-state index in [1.165, 1.54) is 10.9 Å². The first kappa shape index (κ1) is 13.9. The van der Waals surface area contributed by atoms with Gasteiger partial charge in [0.2, 0.25) is 0 Å². The topological polar surface area (TPSA) is 47.3 Å². The van der Waals surface area contributed by atoms with Gasteiger partial charge < -0.3 is 4.74 Å². The lowest BCUT2D eigenvalue weighted by Crippen LogP contribution is -2.29. The van der Waals surface area contributed by atoms with Crippen LogP contribution in [0, 0.1) is 0 Å². The Morgan fingerprint density at radius 2 is 2.11 bits per heavy atom. The van der Waals surface area contributed by atoms with Gasteiger partial charge in [0.15, 0.2) is 0 Å². The predicted molar refractivity (Wildman–Crippen MR) is 71.2 cm³/mol. The summed E-state index contributed by atoms with van der Waals surface area (Å²) in [5.41, 5.74) is 3.51. The fourth-order valence-corrected chi connectivity index (χ4v) is 2.56. The maximum Gasteiger partial charge on any atom is 0.387 e. The lowest BCUT2D eigenvalue weighted by Gasteiger charge is -2.16. The van der Waals surface area contributed by atoms with Gasteiger partial charge in [-0.2, -0.15) is 8.78 Å². The van der Waals surface area contributed by atoms with Crippen molar-refractivity contribution < 1.29 is 13.5 Å². The molecule has 0 amide bonds. The highest BCUT2D eigenvalue weighted by atomic mass is 32.1. The van der Waals surface area contributed by atoms with Crippen LogP contribution in [0.4, 0.5) is 8.78 Å². The maximum atomic E-state index is 12.2. The molecule has 0 saturated carbocycles. The number of hydrogen-bond acceptors (Lipinski definition) is 4. The third-order valence-electron chi connectivity index (χ3n) is 2.67. The molecule has 0 aliphatic rings. The molecule has 3 N–H and O–H groups in total. The standard InChI is InChI=1S/C13H14F2N2OS/c14-13(15)18-10-4-1-3-9(7-10)12(17-16)8-11-5-2-6-19-11/h1-7,12-13,17H,8,16H2. The molecule has 0 fully saturated rings. The summed E-state index contributed by atoms with van der Waals surface area (Å²) in [4.78, 5) is 1.17. The van der Waals surface area contributed by atoms with Crippen LogP contribution in [0.25, 0.3) is 0 Å². The number of ether oxygens (including phenoxy) is 1. The van der Waals surface area contributed by atoms with Crippen molar-refractivity contribution in [3.8, 4) is 5.75 Å². The van der Waals surface area contributed by atoms with Crippen LogP contribution in [0.3, 0.4) is 0 Å². The summed E-state index contributed by atoms with van der Waals surface area (Å²) in [5.74, 6) is 5.68. The second-order valence-corrected chi connectivity index (χ2v) is 4.99. The van der Waals surface area contributed by atoms with Crippen LogP contribution in [-0.2, 0) is 6.42 Å². The Kier molecular flexibility index (Phi) is 4.84. The molecule has 2 aromatic rings. The largest absolute Gasteiger partial charge is 0.435 e. The second-order valence-electron chi connectivity index (χ2n) is 3.95. The monoisotopic (exact) mass is 284 g/mol. The van der Waals surface area contributed by atoms with E-state index in [2.05, 4.69) is 10.2 Å². The van der Waals surface area contributed by atoms with Gasteiger partial charge in [0, 0.05) is 11.3 Å². The van der Waals surface area contributed by atoms with Crippen LogP contribution in [-0.4, -0.2) is 6.61 Å². The Labute approximate surface area is 114 Å². The number of alkyl halides is 2. The Hall–Kier alpha value is -1.50. The average Bonchev–Trinajstić information content (AvgIpc) is 2.88. The van der Waals surface area contributed by atoms with Crippen molar-refractivity contribution in [2.45, 2.75) is 19.1 Å². The van der Waals surface area contributed by atoms with Gasteiger partial charge in [-0.1, -0.05) is 18.2 Å². The van der Waals surface area contributed by atoms with Crippen molar-refractivity contribution in [1.82, 2.24) is 5.43 Å². The smallest absolute Gasteiger partial charge is 0.387 e. The molecule has 0 aliphatic carbocycles. The first-order chi connectivity index (χ1) is 9.19. The molecule has 19 heavy (non-hydrogen) atoms. The Balaban J connectivity index is 2.13. The maximum absolute atomic E-state index is 12.2. The zero-order chi connectivity index (χ0) is 13.7. The minimum absolute atomic E-state index is 0.138. The van der Waals surface area contributed by atoms with Crippen molar-refractivity contribution in [1.29, 1.82) is 0 Å². The van der Waals surface area contributed by atoms with E-state index in [1.54, 1.807) is 23.5 Å². The van der Waals surface area contributed by atoms with Gasteiger partial charge >= 0.3 is 6.61 Å². The van der Waals surface area contributed by atoms with E-state index in [9.17, 15) is 8.78 Å². The first-order valence-electron chi connectivity index (χ1n) is 5.72. The van der Waals surface area contributed by atoms with Crippen LogP contribution in [0.2, 0.25) is 0 Å². The van der Waals surface area contributed by atoms with Gasteiger partial charge in [-0.25, -0.2) is 0 Å². The van der Waals surface area contributed by atoms with Crippen LogP contribution in [0.5, 0.6) is 5.75 Å². The number of halogens is 2. The van der Waals surface area contributed by atoms with E-state index >= 15 is 0 Å². The van der Waals surface area contributed by atoms with Crippen LogP contribution in [0.1, 0.15) is 16.5 Å². The highest BCUT2D eigenvalue weighted by Gasteiger charge is 2.13. The zero-order valence-electron chi connectivity index (χ0n) is 10.1. The number of benzene rings is 1. The molecule has 0 saturated heterocycles. The quantitative estimate of drug-likeness (QED) is 0.633. The SMILES string of the molecule is NNC(Cc1cccs1)c1cccc(OC(F)F)c1. The lowest BCUT2D eigenvalue weighted by molar-refractivity contribution is -0.0499. The summed E-state index contributed by atoms with van der Waals surface area (Å²) >= 11 is 1.63. The predicted octanol–water partition coefficient (Wildman–Crippen LogP) is 3.10. The summed E-state index contributed by atoms with van der Waals surface area (Å²) < 4.78 is 28.7. The molecule has 1 unspecified atom stereocenters. The summed E-state index contributed by atoms with van der Waals surface area (Å²) in [6.45, 7) is -2.82. The van der Waals surface area contributed by atoms with Crippen LogP contribution >= 0.6 is 11.3 Å². The number of rotatable bonds is 6. The number of nitrogens with two attached hydrogens (primary N) is 1. The van der Waals surface area contributed by atoms with Crippen molar-refractivity contribution in [2.75, 3.05) is 0 Å². The van der Waals surface area contributed by atoms with Crippen LogP contribution in [0.15, 0.2) is 41.8 Å². The molecule has 1 atom stereocenters. The highest BCUT2D eigenvalue weighted by Crippen LogP contribution is 2.24. The minimum Gasteiger partial charge on any atom is -0.435 e. The Bertz CT molecular complexity index is 505. The number of hydrogen-bond donors (Lipinski definition) is 2. The molecule has 0 radical (unpaired) electrons. The summed E-state index contributed by atoms with van der Waals surface area (Å²) in [5, 5.41) is 1.99. The third kappa shape index (κ3) is 3.99. The molecular formula is C13H14F2N2OS. The number of nitrogens with one attached hydrogen (secondary N) is 1. The fraction of sp³-hybridized carbons (Fsp3) is 0.231. The molecular weight excluding hydrogens is 270 g/mol. The van der Waals surface area contributed by atoms with E-state index in [4.69, 9.17) is 5.84 Å². The van der Waals surface area contributed by atoms with Crippen molar-refractivity contribution in [2.24, 2.45) is 5.84 Å². The van der Waals surface area contributed by atoms with Gasteiger partial charge in [0.05, 0.1) is 6.04 Å². The summed E-state index contributed by atoms with van der Waals surface area (Å²) in [7, 11) is 0. The molecule has 102 valence electrons. The van der Waals surface area contributed by atoms with Gasteiger partial charge in [-0.3, -0.25) is 11.3 Å². The van der Waals surface area contributed by atoms with Crippen molar-refractivity contribution in [3.63, 3.8) is 0 Å². The van der Waals surface area contributed by atoms with Crippen LogP contribution < -0.4 is 16.0 Å². The molecule has 0 spiro atoms. The van der Waals surface area contributed by atoms with E-state index < -0.39 is 6.61 Å². The van der Waals surface area contributed by atoms with E-state index in [1.807, 2.05) is 23.6 Å². The van der Waals surface area contributed by atoms with Crippen molar-refractivity contribution in [3.05, 3.63) is 52.2 Å². The van der Waals surface area contributed by atoms with E-state index in [0.29, 0.717) is 6.42 Å². The summed E-state index contributed by atoms with van der Waals surface area (Å²) in [6, 6.07) is 10.4. The van der Waals surface area contributed by atoms with Gasteiger partial charge in [-0.05, 0) is 29.1 Å². The highest BCUT2D eigenvalue weighted by molar-refractivity contribution is 7.09. The third-order valence-corrected chi connectivity index (χ3v) is 3.57. The molecule has 1 aromatic carbocycles. The van der Waals surface area contributed by atoms with Gasteiger partial charge in [-0.15, -0.1) is 11.3 Å². The number of thiophene rings is 1. The fourth-order valence-electron chi connectivity index (χ4n) is 1.81. The Morgan fingerprint density at radius 3 is 2.74 bits per heavy atom. The molecule has 0 aliphatic heterocycles. The molecule has 2 rings (SSSR count). The molecule has 1 heterocycles. The average molecular weight is 284 g/mol. The molecule has 1 aromatic heterocycles. The summed E-state index contributed by atoms with van der Waals surface area (Å²) in [6.07, 6.45) is 0.701. The van der Waals surface area contributed by atoms with E-state index in [-0.39, 0.29) is 11.8 Å². The molecule has 6 heteroatoms. The minimum atomic E-state index is -2.82. The van der Waals surface area contributed by atoms with Crippen molar-refractivity contribution >= 4 is 11.3 Å². The van der Waals surface area contributed by atoms with Gasteiger partial charge in [0.25, 0.3) is 0 Å². The normalized spacial score (nSPS) is 12.6. The zero-order valence-corrected chi connectivity index (χ0v) is 10.9. The van der Waals surface area contributed by atoms with E-state index in [0.717, 1.165) is 5.56 Å². The Morgan fingerprint density at radius 1 is 1.26 bits per heavy atom. The molecule has 3 nitrogen and oxygen atoms in total. The first-order valence-corrected chi connectivity index (χ1v) is 6.60.